The van der Waals surface area contributed by atoms with Crippen molar-refractivity contribution in [3.05, 3.63) is 34.9 Å². The molecule has 0 saturated carbocycles. The van der Waals surface area contributed by atoms with Gasteiger partial charge in [-0.3, -0.25) is 5.10 Å². The highest BCUT2D eigenvalue weighted by Gasteiger charge is 2.06. The lowest BCUT2D eigenvalue weighted by molar-refractivity contribution is 1.03. The molecule has 84 valence electrons. The number of rotatable bonds is 4. The quantitative estimate of drug-likeness (QED) is 0.805. The second-order valence-corrected chi connectivity index (χ2v) is 4.30. The van der Waals surface area contributed by atoms with Gasteiger partial charge in [0.15, 0.2) is 0 Å². The van der Waals surface area contributed by atoms with E-state index in [9.17, 15) is 0 Å². The SMILES string of the molecule is NCCNc1cn[nH]c1-c1ccc(Br)cc1. The molecule has 0 bridgehead atoms. The number of aromatic nitrogens is 2. The number of anilines is 1. The fourth-order valence-corrected chi connectivity index (χ4v) is 1.73. The number of nitrogens with zero attached hydrogens (tertiary/aromatic N) is 1. The van der Waals surface area contributed by atoms with Gasteiger partial charge >= 0.3 is 0 Å². The van der Waals surface area contributed by atoms with Gasteiger partial charge in [0.1, 0.15) is 0 Å². The van der Waals surface area contributed by atoms with Crippen LogP contribution in [0, 0.1) is 0 Å². The number of benzene rings is 1. The molecule has 1 aromatic carbocycles. The van der Waals surface area contributed by atoms with Crippen molar-refractivity contribution in [2.45, 2.75) is 0 Å². The van der Waals surface area contributed by atoms with Gasteiger partial charge in [0, 0.05) is 23.1 Å². The van der Waals surface area contributed by atoms with E-state index in [1.165, 1.54) is 0 Å². The largest absolute Gasteiger partial charge is 0.381 e. The van der Waals surface area contributed by atoms with Gasteiger partial charge in [0.05, 0.1) is 17.6 Å². The highest BCUT2D eigenvalue weighted by Crippen LogP contribution is 2.26. The Morgan fingerprint density at radius 2 is 2.06 bits per heavy atom. The lowest BCUT2D eigenvalue weighted by atomic mass is 10.1. The lowest BCUT2D eigenvalue weighted by Gasteiger charge is -2.05. The van der Waals surface area contributed by atoms with E-state index < -0.39 is 0 Å². The molecule has 0 aliphatic carbocycles. The van der Waals surface area contributed by atoms with Gasteiger partial charge in [-0.05, 0) is 12.1 Å². The molecule has 5 heteroatoms. The third-order valence-corrected chi connectivity index (χ3v) is 2.76. The Morgan fingerprint density at radius 3 is 2.75 bits per heavy atom. The molecule has 16 heavy (non-hydrogen) atoms. The molecule has 4 N–H and O–H groups in total. The fourth-order valence-electron chi connectivity index (χ4n) is 1.46. The summed E-state index contributed by atoms with van der Waals surface area (Å²) in [7, 11) is 0. The lowest BCUT2D eigenvalue weighted by Crippen LogP contribution is -2.13. The topological polar surface area (TPSA) is 66.7 Å². The molecule has 0 spiro atoms. The number of aromatic amines is 1. The van der Waals surface area contributed by atoms with Crippen LogP contribution in [0.4, 0.5) is 5.69 Å². The van der Waals surface area contributed by atoms with E-state index in [-0.39, 0.29) is 0 Å². The molecule has 1 aromatic heterocycles. The Labute approximate surface area is 102 Å². The van der Waals surface area contributed by atoms with E-state index in [0.717, 1.165) is 28.0 Å². The molecule has 0 fully saturated rings. The predicted molar refractivity (Wildman–Crippen MR) is 69.3 cm³/mol. The number of nitrogens with one attached hydrogen (secondary N) is 2. The number of hydrogen-bond acceptors (Lipinski definition) is 3. The Kier molecular flexibility index (Phi) is 3.58. The van der Waals surface area contributed by atoms with Crippen LogP contribution in [0.1, 0.15) is 0 Å². The minimum Gasteiger partial charge on any atom is -0.381 e. The summed E-state index contributed by atoms with van der Waals surface area (Å²) in [6.07, 6.45) is 1.77. The summed E-state index contributed by atoms with van der Waals surface area (Å²) in [5.41, 5.74) is 8.52. The van der Waals surface area contributed by atoms with Crippen LogP contribution in [0.15, 0.2) is 34.9 Å². The molecule has 0 unspecified atom stereocenters. The summed E-state index contributed by atoms with van der Waals surface area (Å²) >= 11 is 3.41. The van der Waals surface area contributed by atoms with Crippen LogP contribution in [0.5, 0.6) is 0 Å². The van der Waals surface area contributed by atoms with Crippen LogP contribution in [0.3, 0.4) is 0 Å². The van der Waals surface area contributed by atoms with Gasteiger partial charge in [0.2, 0.25) is 0 Å². The van der Waals surface area contributed by atoms with E-state index >= 15 is 0 Å². The Bertz CT molecular complexity index is 449. The normalized spacial score (nSPS) is 10.4. The summed E-state index contributed by atoms with van der Waals surface area (Å²) in [6, 6.07) is 8.07. The molecule has 2 rings (SSSR count). The molecule has 0 amide bonds. The van der Waals surface area contributed by atoms with Crippen LogP contribution >= 0.6 is 15.9 Å². The summed E-state index contributed by atoms with van der Waals surface area (Å²) in [6.45, 7) is 1.34. The van der Waals surface area contributed by atoms with E-state index in [1.807, 2.05) is 24.3 Å². The van der Waals surface area contributed by atoms with Crippen LogP contribution in [0.2, 0.25) is 0 Å². The predicted octanol–water partition coefficient (Wildman–Crippen LogP) is 2.21. The Balaban J connectivity index is 2.26. The second kappa shape index (κ2) is 5.14. The van der Waals surface area contributed by atoms with E-state index in [1.54, 1.807) is 6.20 Å². The summed E-state index contributed by atoms with van der Waals surface area (Å²) in [5, 5.41) is 10.2. The molecule has 0 saturated heterocycles. The maximum atomic E-state index is 5.45. The van der Waals surface area contributed by atoms with Gasteiger partial charge in [-0.25, -0.2) is 0 Å². The fraction of sp³-hybridized carbons (Fsp3) is 0.182. The molecule has 1 heterocycles. The van der Waals surface area contributed by atoms with Gasteiger partial charge in [-0.1, -0.05) is 28.1 Å². The average Bonchev–Trinajstić information content (AvgIpc) is 2.75. The van der Waals surface area contributed by atoms with Crippen LogP contribution in [0.25, 0.3) is 11.3 Å². The van der Waals surface area contributed by atoms with Crippen LogP contribution in [-0.2, 0) is 0 Å². The number of H-pyrrole nitrogens is 1. The van der Waals surface area contributed by atoms with Gasteiger partial charge in [-0.15, -0.1) is 0 Å². The molecule has 4 nitrogen and oxygen atoms in total. The minimum absolute atomic E-state index is 0.602. The first-order valence-electron chi connectivity index (χ1n) is 5.04. The summed E-state index contributed by atoms with van der Waals surface area (Å²) in [4.78, 5) is 0. The van der Waals surface area contributed by atoms with E-state index in [0.29, 0.717) is 6.54 Å². The van der Waals surface area contributed by atoms with Crippen molar-refractivity contribution < 1.29 is 0 Å². The molecular formula is C11H13BrN4. The van der Waals surface area contributed by atoms with Crippen molar-refractivity contribution >= 4 is 21.6 Å². The van der Waals surface area contributed by atoms with Crippen LogP contribution < -0.4 is 11.1 Å². The average molecular weight is 281 g/mol. The van der Waals surface area contributed by atoms with Crippen LogP contribution in [-0.4, -0.2) is 23.3 Å². The zero-order valence-electron chi connectivity index (χ0n) is 8.70. The first kappa shape index (κ1) is 11.2. The molecular weight excluding hydrogens is 268 g/mol. The highest BCUT2D eigenvalue weighted by atomic mass is 79.9. The highest BCUT2D eigenvalue weighted by molar-refractivity contribution is 9.10. The van der Waals surface area contributed by atoms with E-state index in [4.69, 9.17) is 5.73 Å². The second-order valence-electron chi connectivity index (χ2n) is 3.38. The Hall–Kier alpha value is -1.33. The monoisotopic (exact) mass is 280 g/mol. The molecule has 0 aliphatic heterocycles. The smallest absolute Gasteiger partial charge is 0.0882 e. The zero-order chi connectivity index (χ0) is 11.4. The number of hydrogen-bond donors (Lipinski definition) is 3. The first-order valence-corrected chi connectivity index (χ1v) is 5.84. The Morgan fingerprint density at radius 1 is 1.31 bits per heavy atom. The third kappa shape index (κ3) is 2.43. The summed E-state index contributed by atoms with van der Waals surface area (Å²) in [5.74, 6) is 0. The zero-order valence-corrected chi connectivity index (χ0v) is 10.3. The third-order valence-electron chi connectivity index (χ3n) is 2.23. The van der Waals surface area contributed by atoms with Crippen molar-refractivity contribution in [3.8, 4) is 11.3 Å². The van der Waals surface area contributed by atoms with E-state index in [2.05, 4.69) is 31.4 Å². The van der Waals surface area contributed by atoms with Crippen molar-refractivity contribution in [1.82, 2.24) is 10.2 Å². The molecule has 0 aliphatic rings. The standard InChI is InChI=1S/C11H13BrN4/c12-9-3-1-8(2-4-9)11-10(7-15-16-11)14-6-5-13/h1-4,7,14H,5-6,13H2,(H,15,16). The van der Waals surface area contributed by atoms with Gasteiger partial charge in [-0.2, -0.15) is 5.10 Å². The first-order chi connectivity index (χ1) is 7.81. The minimum atomic E-state index is 0.602. The maximum absolute atomic E-state index is 5.45. The number of halogens is 1. The maximum Gasteiger partial charge on any atom is 0.0882 e. The summed E-state index contributed by atoms with van der Waals surface area (Å²) < 4.78 is 1.06. The van der Waals surface area contributed by atoms with Crippen molar-refractivity contribution in [1.29, 1.82) is 0 Å². The van der Waals surface area contributed by atoms with Gasteiger partial charge < -0.3 is 11.1 Å². The molecule has 0 atom stereocenters. The van der Waals surface area contributed by atoms with Gasteiger partial charge in [0.25, 0.3) is 0 Å². The van der Waals surface area contributed by atoms with Crippen molar-refractivity contribution in [3.63, 3.8) is 0 Å². The molecule has 0 radical (unpaired) electrons. The van der Waals surface area contributed by atoms with Crippen molar-refractivity contribution in [2.75, 3.05) is 18.4 Å². The number of nitrogens with two attached hydrogens (primary N) is 1. The van der Waals surface area contributed by atoms with Crippen molar-refractivity contribution in [2.24, 2.45) is 5.73 Å². The molecule has 2 aromatic rings.